The molecule has 0 saturated carbocycles. The molecule has 1 amide bonds. The first kappa shape index (κ1) is 18.7. The normalized spacial score (nSPS) is 15.2. The van der Waals surface area contributed by atoms with Crippen molar-refractivity contribution in [2.75, 3.05) is 18.4 Å². The van der Waals surface area contributed by atoms with E-state index in [1.54, 1.807) is 29.2 Å². The lowest BCUT2D eigenvalue weighted by Crippen LogP contribution is -2.44. The maximum Gasteiger partial charge on any atom is 0.267 e. The van der Waals surface area contributed by atoms with Crippen molar-refractivity contribution in [2.45, 2.75) is 12.5 Å². The van der Waals surface area contributed by atoms with E-state index in [2.05, 4.69) is 26.8 Å². The summed E-state index contributed by atoms with van der Waals surface area (Å²) in [6.07, 6.45) is 5.50. The number of ether oxygens (including phenoxy) is 1. The van der Waals surface area contributed by atoms with Gasteiger partial charge in [0.1, 0.15) is 5.69 Å². The Balaban J connectivity index is 1.33. The number of rotatable bonds is 6. The minimum atomic E-state index is -0.639. The fraction of sp³-hybridized carbons (Fsp3) is 0.238. The van der Waals surface area contributed by atoms with Crippen LogP contribution in [0.1, 0.15) is 11.1 Å². The van der Waals surface area contributed by atoms with Crippen molar-refractivity contribution in [3.05, 3.63) is 60.0 Å². The van der Waals surface area contributed by atoms with Crippen molar-refractivity contribution in [3.8, 4) is 23.1 Å². The molecule has 3 aromatic rings. The number of aromatic nitrogens is 3. The minimum Gasteiger partial charge on any atom is -0.461 e. The highest BCUT2D eigenvalue weighted by Crippen LogP contribution is 2.31. The van der Waals surface area contributed by atoms with Gasteiger partial charge >= 0.3 is 0 Å². The lowest BCUT2D eigenvalue weighted by atomic mass is 10.1. The standard InChI is InChI=1S/C21H20N6O2/c1-27-13-17(11-25-27)16-8-18-21(24-10-16)29-19(20(28)26-18)12-23-7-6-14-2-4-15(9-22)5-3-14/h2-5,8,10-11,13,19,23H,6-7,12H2,1H3,(H,26,28). The van der Waals surface area contributed by atoms with E-state index in [1.807, 2.05) is 31.4 Å². The number of anilines is 1. The first-order valence-corrected chi connectivity index (χ1v) is 9.29. The zero-order chi connectivity index (χ0) is 20.2. The lowest BCUT2D eigenvalue weighted by molar-refractivity contribution is -0.123. The molecule has 1 unspecified atom stereocenters. The SMILES string of the molecule is Cn1cc(-c2cnc3c(c2)NC(=O)C(CNCCc2ccc(C#N)cc2)O3)cn1. The molecule has 0 bridgehead atoms. The zero-order valence-electron chi connectivity index (χ0n) is 15.9. The molecule has 8 nitrogen and oxygen atoms in total. The molecule has 0 radical (unpaired) electrons. The summed E-state index contributed by atoms with van der Waals surface area (Å²) < 4.78 is 7.49. The molecule has 0 saturated heterocycles. The van der Waals surface area contributed by atoms with E-state index in [4.69, 9.17) is 10.00 Å². The first-order chi connectivity index (χ1) is 14.1. The van der Waals surface area contributed by atoms with Gasteiger partial charge in [-0.3, -0.25) is 9.48 Å². The second-order valence-electron chi connectivity index (χ2n) is 6.84. The fourth-order valence-corrected chi connectivity index (χ4v) is 3.11. The van der Waals surface area contributed by atoms with Crippen LogP contribution >= 0.6 is 0 Å². The smallest absolute Gasteiger partial charge is 0.267 e. The number of amides is 1. The number of hydrogen-bond acceptors (Lipinski definition) is 6. The molecule has 2 aromatic heterocycles. The maximum absolute atomic E-state index is 12.4. The van der Waals surface area contributed by atoms with Crippen molar-refractivity contribution in [3.63, 3.8) is 0 Å². The van der Waals surface area contributed by atoms with Gasteiger partial charge in [-0.2, -0.15) is 10.4 Å². The van der Waals surface area contributed by atoms with Gasteiger partial charge in [-0.25, -0.2) is 4.98 Å². The van der Waals surface area contributed by atoms with Crippen LogP contribution in [0.4, 0.5) is 5.69 Å². The highest BCUT2D eigenvalue weighted by Gasteiger charge is 2.28. The summed E-state index contributed by atoms with van der Waals surface area (Å²) >= 11 is 0. The lowest BCUT2D eigenvalue weighted by Gasteiger charge is -2.25. The Kier molecular flexibility index (Phi) is 5.22. The predicted octanol–water partition coefficient (Wildman–Crippen LogP) is 1.89. The van der Waals surface area contributed by atoms with E-state index in [1.165, 1.54) is 0 Å². The van der Waals surface area contributed by atoms with Crippen LogP contribution in [0.5, 0.6) is 5.88 Å². The van der Waals surface area contributed by atoms with Crippen molar-refractivity contribution in [2.24, 2.45) is 7.05 Å². The van der Waals surface area contributed by atoms with Gasteiger partial charge < -0.3 is 15.4 Å². The molecule has 146 valence electrons. The van der Waals surface area contributed by atoms with Gasteiger partial charge in [0, 0.05) is 37.1 Å². The van der Waals surface area contributed by atoms with Crippen LogP contribution in [0.15, 0.2) is 48.9 Å². The Hall–Kier alpha value is -3.70. The summed E-state index contributed by atoms with van der Waals surface area (Å²) in [6.45, 7) is 1.08. The van der Waals surface area contributed by atoms with Gasteiger partial charge in [-0.05, 0) is 36.7 Å². The molecule has 29 heavy (non-hydrogen) atoms. The predicted molar refractivity (Wildman–Crippen MR) is 107 cm³/mol. The summed E-state index contributed by atoms with van der Waals surface area (Å²) in [4.78, 5) is 16.7. The van der Waals surface area contributed by atoms with Gasteiger partial charge in [0.05, 0.1) is 17.8 Å². The number of carbonyl (C=O) groups is 1. The Labute approximate surface area is 168 Å². The number of nitrogens with zero attached hydrogens (tertiary/aromatic N) is 4. The Morgan fingerprint density at radius 1 is 1.28 bits per heavy atom. The van der Waals surface area contributed by atoms with Crippen LogP contribution in [0.25, 0.3) is 11.1 Å². The number of nitriles is 1. The molecule has 0 aliphatic carbocycles. The molecule has 1 atom stereocenters. The average Bonchev–Trinajstić information content (AvgIpc) is 3.18. The van der Waals surface area contributed by atoms with Crippen molar-refractivity contribution in [1.29, 1.82) is 5.26 Å². The summed E-state index contributed by atoms with van der Waals surface area (Å²) in [5.41, 5.74) is 4.11. The van der Waals surface area contributed by atoms with E-state index in [9.17, 15) is 4.79 Å². The molecular weight excluding hydrogens is 368 g/mol. The Bertz CT molecular complexity index is 1070. The topological polar surface area (TPSA) is 105 Å². The van der Waals surface area contributed by atoms with Gasteiger partial charge in [0.15, 0.2) is 6.10 Å². The average molecular weight is 388 g/mol. The van der Waals surface area contributed by atoms with Crippen molar-refractivity contribution < 1.29 is 9.53 Å². The van der Waals surface area contributed by atoms with Gasteiger partial charge in [-0.1, -0.05) is 12.1 Å². The van der Waals surface area contributed by atoms with Crippen LogP contribution in [-0.2, 0) is 18.3 Å². The van der Waals surface area contributed by atoms with E-state index in [0.29, 0.717) is 30.2 Å². The summed E-state index contributed by atoms with van der Waals surface area (Å²) in [6, 6.07) is 11.4. The Morgan fingerprint density at radius 3 is 2.83 bits per heavy atom. The number of carbonyl (C=O) groups excluding carboxylic acids is 1. The molecule has 4 rings (SSSR count). The summed E-state index contributed by atoms with van der Waals surface area (Å²) in [7, 11) is 1.85. The zero-order valence-corrected chi connectivity index (χ0v) is 15.9. The molecule has 1 aromatic carbocycles. The fourth-order valence-electron chi connectivity index (χ4n) is 3.11. The number of nitrogens with one attached hydrogen (secondary N) is 2. The molecule has 1 aliphatic rings. The monoisotopic (exact) mass is 388 g/mol. The van der Waals surface area contributed by atoms with E-state index in [-0.39, 0.29) is 5.91 Å². The van der Waals surface area contributed by atoms with Crippen LogP contribution in [0.3, 0.4) is 0 Å². The summed E-state index contributed by atoms with van der Waals surface area (Å²) in [5.74, 6) is 0.213. The third kappa shape index (κ3) is 4.25. The van der Waals surface area contributed by atoms with Gasteiger partial charge in [0.2, 0.25) is 5.88 Å². The Morgan fingerprint density at radius 2 is 2.10 bits per heavy atom. The number of hydrogen-bond donors (Lipinski definition) is 2. The molecule has 3 heterocycles. The number of benzene rings is 1. The largest absolute Gasteiger partial charge is 0.461 e. The van der Waals surface area contributed by atoms with Crippen LogP contribution in [-0.4, -0.2) is 39.9 Å². The van der Waals surface area contributed by atoms with Crippen molar-refractivity contribution in [1.82, 2.24) is 20.1 Å². The number of fused-ring (bicyclic) bond motifs is 1. The molecule has 2 N–H and O–H groups in total. The second kappa shape index (κ2) is 8.12. The number of pyridine rings is 1. The molecule has 8 heteroatoms. The highest BCUT2D eigenvalue weighted by molar-refractivity contribution is 5.98. The van der Waals surface area contributed by atoms with Crippen molar-refractivity contribution >= 4 is 11.6 Å². The van der Waals surface area contributed by atoms with Gasteiger partial charge in [0.25, 0.3) is 5.91 Å². The first-order valence-electron chi connectivity index (χ1n) is 9.29. The van der Waals surface area contributed by atoms with E-state index < -0.39 is 6.10 Å². The van der Waals surface area contributed by atoms with Crippen LogP contribution < -0.4 is 15.4 Å². The third-order valence-corrected chi connectivity index (χ3v) is 4.70. The minimum absolute atomic E-state index is 0.200. The van der Waals surface area contributed by atoms with Crippen LogP contribution in [0, 0.1) is 11.3 Å². The number of aryl methyl sites for hydroxylation is 1. The van der Waals surface area contributed by atoms with Crippen LogP contribution in [0.2, 0.25) is 0 Å². The quantitative estimate of drug-likeness (QED) is 0.625. The summed E-state index contributed by atoms with van der Waals surface area (Å²) in [5, 5.41) is 19.1. The van der Waals surface area contributed by atoms with Gasteiger partial charge in [-0.15, -0.1) is 0 Å². The molecule has 0 spiro atoms. The highest BCUT2D eigenvalue weighted by atomic mass is 16.5. The molecule has 0 fully saturated rings. The maximum atomic E-state index is 12.4. The molecule has 1 aliphatic heterocycles. The second-order valence-corrected chi connectivity index (χ2v) is 6.84. The van der Waals surface area contributed by atoms with E-state index >= 15 is 0 Å². The molecular formula is C21H20N6O2. The third-order valence-electron chi connectivity index (χ3n) is 4.70. The van der Waals surface area contributed by atoms with E-state index in [0.717, 1.165) is 23.1 Å².